The molecule has 1 unspecified atom stereocenters. The highest BCUT2D eigenvalue weighted by Gasteiger charge is 2.43. The monoisotopic (exact) mass is 246 g/mol. The normalized spacial score (nSPS) is 23.4. The number of anilines is 1. The van der Waals surface area contributed by atoms with Gasteiger partial charge in [0.15, 0.2) is 5.82 Å². The molecule has 1 aromatic heterocycles. The summed E-state index contributed by atoms with van der Waals surface area (Å²) in [4.78, 5) is 13.2. The van der Waals surface area contributed by atoms with Gasteiger partial charge in [-0.2, -0.15) is 10.4 Å². The largest absolute Gasteiger partial charge is 0.480 e. The van der Waals surface area contributed by atoms with Gasteiger partial charge >= 0.3 is 5.97 Å². The highest BCUT2D eigenvalue weighted by atomic mass is 16.4. The molecule has 0 saturated carbocycles. The van der Waals surface area contributed by atoms with Crippen molar-refractivity contribution in [2.24, 2.45) is 0 Å². The molecule has 1 fully saturated rings. The third-order valence-corrected chi connectivity index (χ3v) is 3.43. The maximum absolute atomic E-state index is 11.5. The molecule has 1 aromatic rings. The van der Waals surface area contributed by atoms with Crippen LogP contribution in [0.25, 0.3) is 0 Å². The summed E-state index contributed by atoms with van der Waals surface area (Å²) in [7, 11) is 0. The molecule has 0 bridgehead atoms. The molecule has 18 heavy (non-hydrogen) atoms. The molecule has 0 spiro atoms. The van der Waals surface area contributed by atoms with E-state index >= 15 is 0 Å². The number of nitrogens with zero attached hydrogens (tertiary/aromatic N) is 4. The third kappa shape index (κ3) is 1.88. The minimum atomic E-state index is -1.01. The van der Waals surface area contributed by atoms with Crippen LogP contribution in [0.3, 0.4) is 0 Å². The smallest absolute Gasteiger partial charge is 0.329 e. The molecule has 1 saturated heterocycles. The molecule has 1 aliphatic rings. The Morgan fingerprint density at radius 3 is 3.06 bits per heavy atom. The first-order valence-electron chi connectivity index (χ1n) is 5.82. The predicted molar refractivity (Wildman–Crippen MR) is 64.0 cm³/mol. The van der Waals surface area contributed by atoms with E-state index in [2.05, 4.69) is 10.2 Å². The van der Waals surface area contributed by atoms with Crippen LogP contribution in [-0.2, 0) is 4.79 Å². The molecule has 0 aromatic carbocycles. The molecule has 6 heteroatoms. The van der Waals surface area contributed by atoms with Crippen molar-refractivity contribution in [1.82, 2.24) is 10.2 Å². The van der Waals surface area contributed by atoms with E-state index in [1.807, 2.05) is 6.07 Å². The van der Waals surface area contributed by atoms with Crippen LogP contribution in [0.5, 0.6) is 0 Å². The molecule has 0 aliphatic carbocycles. The molecular formula is C12H14N4O2. The van der Waals surface area contributed by atoms with Crippen LogP contribution < -0.4 is 4.90 Å². The van der Waals surface area contributed by atoms with E-state index in [9.17, 15) is 9.90 Å². The zero-order chi connectivity index (χ0) is 13.2. The number of nitriles is 1. The Bertz CT molecular complexity index is 511. The zero-order valence-corrected chi connectivity index (χ0v) is 10.1. The van der Waals surface area contributed by atoms with Crippen molar-refractivity contribution in [3.63, 3.8) is 0 Å². The lowest BCUT2D eigenvalue weighted by atomic mass is 9.88. The van der Waals surface area contributed by atoms with E-state index in [-0.39, 0.29) is 0 Å². The summed E-state index contributed by atoms with van der Waals surface area (Å²) in [5, 5.41) is 26.2. The van der Waals surface area contributed by atoms with Crippen LogP contribution in [0.4, 0.5) is 5.82 Å². The van der Waals surface area contributed by atoms with Gasteiger partial charge in [-0.1, -0.05) is 0 Å². The van der Waals surface area contributed by atoms with Gasteiger partial charge in [0.2, 0.25) is 0 Å². The molecule has 0 amide bonds. The first kappa shape index (κ1) is 12.3. The number of aliphatic carboxylic acids is 1. The number of piperidine rings is 1. The molecule has 1 atom stereocenters. The summed E-state index contributed by atoms with van der Waals surface area (Å²) < 4.78 is 0. The molecule has 1 N–H and O–H groups in total. The van der Waals surface area contributed by atoms with Crippen LogP contribution in [0.1, 0.15) is 31.7 Å². The van der Waals surface area contributed by atoms with E-state index in [0.717, 1.165) is 12.8 Å². The maximum Gasteiger partial charge on any atom is 0.329 e. The number of aromatic nitrogens is 2. The lowest BCUT2D eigenvalue weighted by Crippen LogP contribution is -2.56. The Morgan fingerprint density at radius 1 is 1.61 bits per heavy atom. The SMILES string of the molecule is CC1(C(=O)O)CCCCN1c1nnccc1C#N. The zero-order valence-electron chi connectivity index (χ0n) is 10.1. The summed E-state index contributed by atoms with van der Waals surface area (Å²) in [6.45, 7) is 2.25. The van der Waals surface area contributed by atoms with E-state index in [1.54, 1.807) is 17.9 Å². The van der Waals surface area contributed by atoms with Crippen molar-refractivity contribution in [3.05, 3.63) is 17.8 Å². The lowest BCUT2D eigenvalue weighted by molar-refractivity contribution is -0.143. The van der Waals surface area contributed by atoms with Gasteiger partial charge in [-0.15, -0.1) is 5.10 Å². The number of hydrogen-bond acceptors (Lipinski definition) is 5. The topological polar surface area (TPSA) is 90.1 Å². The van der Waals surface area contributed by atoms with Crippen LogP contribution in [-0.4, -0.2) is 33.4 Å². The fourth-order valence-corrected chi connectivity index (χ4v) is 2.29. The van der Waals surface area contributed by atoms with Gasteiger partial charge < -0.3 is 10.0 Å². The van der Waals surface area contributed by atoms with Gasteiger partial charge in [0.25, 0.3) is 0 Å². The maximum atomic E-state index is 11.5. The van der Waals surface area contributed by atoms with Crippen molar-refractivity contribution in [1.29, 1.82) is 5.26 Å². The molecule has 6 nitrogen and oxygen atoms in total. The summed E-state index contributed by atoms with van der Waals surface area (Å²) in [5.41, 5.74) is -0.653. The predicted octanol–water partition coefficient (Wildman–Crippen LogP) is 1.18. The molecule has 0 radical (unpaired) electrons. The highest BCUT2D eigenvalue weighted by molar-refractivity contribution is 5.83. The number of carboxylic acids is 1. The Morgan fingerprint density at radius 2 is 2.39 bits per heavy atom. The van der Waals surface area contributed by atoms with Gasteiger partial charge in [-0.25, -0.2) is 4.79 Å². The van der Waals surface area contributed by atoms with Crippen molar-refractivity contribution in [3.8, 4) is 6.07 Å². The van der Waals surface area contributed by atoms with Crippen molar-refractivity contribution in [2.45, 2.75) is 31.7 Å². The van der Waals surface area contributed by atoms with Crippen molar-refractivity contribution in [2.75, 3.05) is 11.4 Å². The van der Waals surface area contributed by atoms with Crippen molar-refractivity contribution < 1.29 is 9.90 Å². The second kappa shape index (κ2) is 4.61. The van der Waals surface area contributed by atoms with Crippen molar-refractivity contribution >= 4 is 11.8 Å². The number of hydrogen-bond donors (Lipinski definition) is 1. The summed E-state index contributed by atoms with van der Waals surface area (Å²) >= 11 is 0. The fourth-order valence-electron chi connectivity index (χ4n) is 2.29. The molecule has 94 valence electrons. The number of carbonyl (C=O) groups is 1. The Labute approximate surface area is 105 Å². The summed E-state index contributed by atoms with van der Waals surface area (Å²) in [6, 6.07) is 3.59. The first-order chi connectivity index (χ1) is 8.59. The van der Waals surface area contributed by atoms with E-state index in [0.29, 0.717) is 24.3 Å². The Hall–Kier alpha value is -2.16. The first-order valence-corrected chi connectivity index (χ1v) is 5.82. The Balaban J connectivity index is 2.47. The molecule has 1 aliphatic heterocycles. The van der Waals surface area contributed by atoms with E-state index in [4.69, 9.17) is 5.26 Å². The molecule has 2 heterocycles. The average molecular weight is 246 g/mol. The quantitative estimate of drug-likeness (QED) is 0.842. The van der Waals surface area contributed by atoms with E-state index in [1.165, 1.54) is 6.20 Å². The minimum absolute atomic E-state index is 0.361. The van der Waals surface area contributed by atoms with Gasteiger partial charge in [-0.3, -0.25) is 0 Å². The van der Waals surface area contributed by atoms with Crippen LogP contribution >= 0.6 is 0 Å². The van der Waals surface area contributed by atoms with Crippen LogP contribution in [0.15, 0.2) is 12.3 Å². The summed E-state index contributed by atoms with van der Waals surface area (Å²) in [5.74, 6) is -0.527. The molecule has 2 rings (SSSR count). The van der Waals surface area contributed by atoms with E-state index < -0.39 is 11.5 Å². The third-order valence-electron chi connectivity index (χ3n) is 3.43. The van der Waals surface area contributed by atoms with Gasteiger partial charge in [0.1, 0.15) is 11.6 Å². The Kier molecular flexibility index (Phi) is 3.15. The minimum Gasteiger partial charge on any atom is -0.480 e. The highest BCUT2D eigenvalue weighted by Crippen LogP contribution is 2.33. The number of rotatable bonds is 2. The number of carboxylic acid groups (broad SMARTS) is 1. The van der Waals surface area contributed by atoms with Gasteiger partial charge in [-0.05, 0) is 32.3 Å². The van der Waals surface area contributed by atoms with Gasteiger partial charge in [0, 0.05) is 6.54 Å². The van der Waals surface area contributed by atoms with Crippen LogP contribution in [0, 0.1) is 11.3 Å². The standard InChI is InChI=1S/C12H14N4O2/c1-12(11(17)18)5-2-3-7-16(12)10-9(8-13)4-6-14-15-10/h4,6H,2-3,5,7H2,1H3,(H,17,18). The second-order valence-corrected chi connectivity index (χ2v) is 4.57. The second-order valence-electron chi connectivity index (χ2n) is 4.57. The average Bonchev–Trinajstić information content (AvgIpc) is 2.39. The lowest BCUT2D eigenvalue weighted by Gasteiger charge is -2.42. The van der Waals surface area contributed by atoms with Crippen LogP contribution in [0.2, 0.25) is 0 Å². The van der Waals surface area contributed by atoms with Gasteiger partial charge in [0.05, 0.1) is 11.8 Å². The molecular weight excluding hydrogens is 232 g/mol. The summed E-state index contributed by atoms with van der Waals surface area (Å²) in [6.07, 6.45) is 3.74. The fraction of sp³-hybridized carbons (Fsp3) is 0.500.